The molecule has 0 saturated carbocycles. The van der Waals surface area contributed by atoms with Gasteiger partial charge in [0.2, 0.25) is 5.91 Å². The van der Waals surface area contributed by atoms with Gasteiger partial charge in [-0.1, -0.05) is 18.2 Å². The molecule has 0 aliphatic carbocycles. The molecule has 0 spiro atoms. The van der Waals surface area contributed by atoms with Gasteiger partial charge in [-0.05, 0) is 42.3 Å². The van der Waals surface area contributed by atoms with Crippen molar-refractivity contribution in [3.05, 3.63) is 65.9 Å². The summed E-state index contributed by atoms with van der Waals surface area (Å²) in [5.74, 6) is -0.135. The van der Waals surface area contributed by atoms with E-state index in [0.717, 1.165) is 11.3 Å². The topological polar surface area (TPSA) is 108 Å². The Labute approximate surface area is 164 Å². The number of rotatable bonds is 7. The van der Waals surface area contributed by atoms with Crippen molar-refractivity contribution < 1.29 is 14.3 Å². The number of nitrogen functional groups attached to an aromatic ring is 1. The smallest absolute Gasteiger partial charge is 0.263 e. The third kappa shape index (κ3) is 5.61. The number of nitrogens with zero attached hydrogens (tertiary/aromatic N) is 2. The monoisotopic (exact) mass is 378 g/mol. The number of methoxy groups -OCH3 is 1. The molecule has 2 amide bonds. The van der Waals surface area contributed by atoms with E-state index in [1.54, 1.807) is 31.4 Å². The van der Waals surface area contributed by atoms with Crippen molar-refractivity contribution in [1.29, 1.82) is 5.26 Å². The first-order valence-electron chi connectivity index (χ1n) is 8.63. The molecule has 7 heteroatoms. The fraction of sp³-hybridized carbons (Fsp3) is 0.190. The van der Waals surface area contributed by atoms with Crippen LogP contribution >= 0.6 is 0 Å². The average Bonchev–Trinajstić information content (AvgIpc) is 2.69. The van der Waals surface area contributed by atoms with Crippen LogP contribution in [0.3, 0.4) is 0 Å². The summed E-state index contributed by atoms with van der Waals surface area (Å²) in [7, 11) is 1.60. The minimum absolute atomic E-state index is 0.174. The minimum Gasteiger partial charge on any atom is -0.497 e. The molecule has 28 heavy (non-hydrogen) atoms. The van der Waals surface area contributed by atoms with Gasteiger partial charge in [-0.2, -0.15) is 5.26 Å². The predicted octanol–water partition coefficient (Wildman–Crippen LogP) is 2.40. The van der Waals surface area contributed by atoms with Gasteiger partial charge < -0.3 is 15.8 Å². The highest BCUT2D eigenvalue weighted by Crippen LogP contribution is 2.19. The van der Waals surface area contributed by atoms with E-state index in [2.05, 4.69) is 5.32 Å². The second kappa shape index (κ2) is 9.78. The van der Waals surface area contributed by atoms with Gasteiger partial charge in [0.15, 0.2) is 0 Å². The summed E-state index contributed by atoms with van der Waals surface area (Å²) in [5, 5.41) is 12.0. The molecule has 3 N–H and O–H groups in total. The van der Waals surface area contributed by atoms with Crippen LogP contribution < -0.4 is 20.7 Å². The van der Waals surface area contributed by atoms with Crippen LogP contribution in [0.5, 0.6) is 5.75 Å². The molecule has 0 heterocycles. The van der Waals surface area contributed by atoms with Gasteiger partial charge in [-0.15, -0.1) is 0 Å². The lowest BCUT2D eigenvalue weighted by Crippen LogP contribution is -2.29. The molecule has 0 aromatic heterocycles. The third-order valence-electron chi connectivity index (χ3n) is 3.97. The first kappa shape index (κ1) is 20.5. The number of amides is 2. The normalized spacial score (nSPS) is 10.7. The molecule has 2 rings (SSSR count). The van der Waals surface area contributed by atoms with E-state index in [0.29, 0.717) is 24.3 Å². The molecule has 0 saturated heterocycles. The van der Waals surface area contributed by atoms with Crippen LogP contribution in [0.4, 0.5) is 11.4 Å². The maximum atomic E-state index is 12.3. The highest BCUT2D eigenvalue weighted by molar-refractivity contribution is 6.01. The highest BCUT2D eigenvalue weighted by Gasteiger charge is 2.15. The Balaban J connectivity index is 2.05. The van der Waals surface area contributed by atoms with E-state index in [1.807, 2.05) is 30.3 Å². The molecular formula is C21H22N4O3. The van der Waals surface area contributed by atoms with E-state index in [-0.39, 0.29) is 11.5 Å². The number of benzene rings is 2. The maximum absolute atomic E-state index is 12.3. The largest absolute Gasteiger partial charge is 0.497 e. The lowest BCUT2D eigenvalue weighted by molar-refractivity contribution is -0.117. The van der Waals surface area contributed by atoms with Gasteiger partial charge in [0.05, 0.1) is 12.8 Å². The summed E-state index contributed by atoms with van der Waals surface area (Å²) in [6.07, 6.45) is 1.82. The Morgan fingerprint density at radius 1 is 1.25 bits per heavy atom. The van der Waals surface area contributed by atoms with Crippen LogP contribution in [0.2, 0.25) is 0 Å². The highest BCUT2D eigenvalue weighted by atomic mass is 16.5. The zero-order chi connectivity index (χ0) is 20.5. The number of nitrogens with two attached hydrogens (primary N) is 1. The molecule has 0 aliphatic heterocycles. The lowest BCUT2D eigenvalue weighted by Gasteiger charge is -2.17. The van der Waals surface area contributed by atoms with Crippen molar-refractivity contribution in [2.45, 2.75) is 13.3 Å². The number of carbonyl (C=O) groups excluding carboxylic acids is 2. The molecule has 2 aromatic carbocycles. The van der Waals surface area contributed by atoms with Gasteiger partial charge in [0.25, 0.3) is 5.91 Å². The van der Waals surface area contributed by atoms with E-state index in [9.17, 15) is 14.9 Å². The van der Waals surface area contributed by atoms with Gasteiger partial charge >= 0.3 is 0 Å². The molecule has 0 atom stereocenters. The number of hydrogen-bond donors (Lipinski definition) is 2. The number of ether oxygens (including phenoxy) is 1. The average molecular weight is 378 g/mol. The molecule has 0 aliphatic rings. The molecule has 0 unspecified atom stereocenters. The first-order chi connectivity index (χ1) is 13.4. The van der Waals surface area contributed by atoms with Crippen LogP contribution in [0.25, 0.3) is 0 Å². The summed E-state index contributed by atoms with van der Waals surface area (Å²) in [4.78, 5) is 25.5. The maximum Gasteiger partial charge on any atom is 0.263 e. The van der Waals surface area contributed by atoms with Crippen LogP contribution in [0, 0.1) is 11.3 Å². The van der Waals surface area contributed by atoms with Crippen LogP contribution in [-0.4, -0.2) is 25.5 Å². The standard InChI is InChI=1S/C21H22N4O3/c1-15(26)25(19-5-3-4-18(23)12-19)14-17(13-22)21(27)24-11-10-16-6-8-20(28-2)9-7-16/h3-9,12,14H,10-11,23H2,1-2H3,(H,24,27)/b17-14-. The Bertz CT molecular complexity index is 914. The quantitative estimate of drug-likeness (QED) is 0.437. The fourth-order valence-electron chi connectivity index (χ4n) is 2.50. The van der Waals surface area contributed by atoms with Crippen molar-refractivity contribution in [3.8, 4) is 11.8 Å². The summed E-state index contributed by atoms with van der Waals surface area (Å²) < 4.78 is 5.10. The zero-order valence-corrected chi connectivity index (χ0v) is 15.8. The van der Waals surface area contributed by atoms with E-state index in [4.69, 9.17) is 10.5 Å². The van der Waals surface area contributed by atoms with E-state index >= 15 is 0 Å². The molecular weight excluding hydrogens is 356 g/mol. The number of anilines is 2. The summed E-state index contributed by atoms with van der Waals surface area (Å²) >= 11 is 0. The predicted molar refractivity (Wildman–Crippen MR) is 107 cm³/mol. The van der Waals surface area contributed by atoms with Crippen molar-refractivity contribution >= 4 is 23.2 Å². The summed E-state index contributed by atoms with van der Waals surface area (Å²) in [6.45, 7) is 1.69. The van der Waals surface area contributed by atoms with Crippen LogP contribution in [-0.2, 0) is 16.0 Å². The molecule has 7 nitrogen and oxygen atoms in total. The molecule has 2 aromatic rings. The van der Waals surface area contributed by atoms with Gasteiger partial charge in [0, 0.05) is 25.4 Å². The second-order valence-electron chi connectivity index (χ2n) is 5.99. The molecule has 0 radical (unpaired) electrons. The Morgan fingerprint density at radius 2 is 1.96 bits per heavy atom. The molecule has 144 valence electrons. The van der Waals surface area contributed by atoms with Gasteiger partial charge in [-0.3, -0.25) is 14.5 Å². The lowest BCUT2D eigenvalue weighted by atomic mass is 10.1. The van der Waals surface area contributed by atoms with Crippen molar-refractivity contribution in [3.63, 3.8) is 0 Å². The Hall–Kier alpha value is -3.79. The van der Waals surface area contributed by atoms with Crippen molar-refractivity contribution in [1.82, 2.24) is 5.32 Å². The molecule has 0 fully saturated rings. The Kier molecular flexibility index (Phi) is 7.17. The van der Waals surface area contributed by atoms with Gasteiger partial charge in [0.1, 0.15) is 17.4 Å². The first-order valence-corrected chi connectivity index (χ1v) is 8.63. The number of nitrogens with one attached hydrogen (secondary N) is 1. The summed E-state index contributed by atoms with van der Waals surface area (Å²) in [6, 6.07) is 16.0. The number of carbonyl (C=O) groups is 2. The van der Waals surface area contributed by atoms with E-state index < -0.39 is 5.91 Å². The van der Waals surface area contributed by atoms with Crippen molar-refractivity contribution in [2.75, 3.05) is 24.3 Å². The second-order valence-corrected chi connectivity index (χ2v) is 5.99. The zero-order valence-electron chi connectivity index (χ0n) is 15.8. The molecule has 0 bridgehead atoms. The summed E-state index contributed by atoms with van der Waals surface area (Å²) in [5.41, 5.74) is 7.55. The van der Waals surface area contributed by atoms with E-state index in [1.165, 1.54) is 18.0 Å². The SMILES string of the molecule is COc1ccc(CCNC(=O)/C(C#N)=C\N(C(C)=O)c2cccc(N)c2)cc1. The van der Waals surface area contributed by atoms with Crippen LogP contribution in [0.1, 0.15) is 12.5 Å². The third-order valence-corrected chi connectivity index (χ3v) is 3.97. The Morgan fingerprint density at radius 3 is 2.54 bits per heavy atom. The number of nitriles is 1. The minimum atomic E-state index is -0.550. The van der Waals surface area contributed by atoms with Gasteiger partial charge in [-0.25, -0.2) is 0 Å². The van der Waals surface area contributed by atoms with Crippen LogP contribution in [0.15, 0.2) is 60.3 Å². The number of hydrogen-bond acceptors (Lipinski definition) is 5. The van der Waals surface area contributed by atoms with Crippen molar-refractivity contribution in [2.24, 2.45) is 0 Å². The fourth-order valence-corrected chi connectivity index (χ4v) is 2.50.